The molecule has 0 aliphatic heterocycles. The molecule has 0 saturated carbocycles. The highest BCUT2D eigenvalue weighted by molar-refractivity contribution is 7.99. The number of nitrogens with one attached hydrogen (secondary N) is 1. The number of benzene rings is 2. The van der Waals surface area contributed by atoms with Crippen molar-refractivity contribution >= 4 is 40.7 Å². The molecule has 1 amide bonds. The van der Waals surface area contributed by atoms with Gasteiger partial charge in [-0.2, -0.15) is 0 Å². The average Bonchev–Trinajstić information content (AvgIpc) is 3.21. The second kappa shape index (κ2) is 10.3. The SMILES string of the molecule is COc1ccc([N+](=O)[O-])cc1NC(=O)COC(=O)c1cc([N+](=O)[O-])ccc1Sc1nnnn1C. The largest absolute Gasteiger partial charge is 0.495 e. The summed E-state index contributed by atoms with van der Waals surface area (Å²) >= 11 is 0.965. The molecule has 34 heavy (non-hydrogen) atoms. The smallest absolute Gasteiger partial charge is 0.340 e. The molecule has 0 radical (unpaired) electrons. The topological polar surface area (TPSA) is 195 Å². The van der Waals surface area contributed by atoms with Crippen molar-refractivity contribution in [2.24, 2.45) is 7.05 Å². The van der Waals surface area contributed by atoms with Crippen LogP contribution in [0.3, 0.4) is 0 Å². The maximum atomic E-state index is 12.7. The number of nitrogens with zero attached hydrogens (tertiary/aromatic N) is 6. The highest BCUT2D eigenvalue weighted by Crippen LogP contribution is 2.32. The molecular weight excluding hydrogens is 474 g/mol. The van der Waals surface area contributed by atoms with Crippen LogP contribution in [0.2, 0.25) is 0 Å². The lowest BCUT2D eigenvalue weighted by molar-refractivity contribution is -0.385. The number of methoxy groups -OCH3 is 1. The van der Waals surface area contributed by atoms with E-state index >= 15 is 0 Å². The number of ether oxygens (including phenoxy) is 2. The van der Waals surface area contributed by atoms with Gasteiger partial charge in [-0.3, -0.25) is 25.0 Å². The van der Waals surface area contributed by atoms with Crippen LogP contribution in [0, 0.1) is 20.2 Å². The van der Waals surface area contributed by atoms with E-state index in [9.17, 15) is 29.8 Å². The third-order valence-electron chi connectivity index (χ3n) is 4.18. The Kier molecular flexibility index (Phi) is 7.32. The van der Waals surface area contributed by atoms with E-state index in [1.165, 1.54) is 36.1 Å². The lowest BCUT2D eigenvalue weighted by Crippen LogP contribution is -2.21. The Labute approximate surface area is 194 Å². The third-order valence-corrected chi connectivity index (χ3v) is 5.28. The van der Waals surface area contributed by atoms with Gasteiger partial charge in [0, 0.05) is 36.2 Å². The maximum Gasteiger partial charge on any atom is 0.340 e. The van der Waals surface area contributed by atoms with Crippen LogP contribution in [0.15, 0.2) is 46.5 Å². The van der Waals surface area contributed by atoms with Crippen molar-refractivity contribution in [3.05, 3.63) is 62.2 Å². The van der Waals surface area contributed by atoms with E-state index in [1.54, 1.807) is 7.05 Å². The minimum Gasteiger partial charge on any atom is -0.495 e. The van der Waals surface area contributed by atoms with E-state index in [1.807, 2.05) is 0 Å². The van der Waals surface area contributed by atoms with Gasteiger partial charge in [-0.15, -0.1) is 5.10 Å². The standard InChI is InChI=1S/C18H15N7O8S/c1-23-18(20-21-22-23)34-15-6-4-10(24(28)29)7-12(15)17(27)33-9-16(26)19-13-8-11(25(30)31)3-5-14(13)32-2/h3-8H,9H2,1-2H3,(H,19,26). The highest BCUT2D eigenvalue weighted by Gasteiger charge is 2.22. The molecule has 0 spiro atoms. The molecule has 0 atom stereocenters. The third kappa shape index (κ3) is 5.60. The molecule has 2 aromatic carbocycles. The predicted octanol–water partition coefficient (Wildman–Crippen LogP) is 1.98. The first kappa shape index (κ1) is 24.1. The Bertz CT molecular complexity index is 1280. The number of rotatable bonds is 9. The molecule has 15 nitrogen and oxygen atoms in total. The lowest BCUT2D eigenvalue weighted by atomic mass is 10.2. The summed E-state index contributed by atoms with van der Waals surface area (Å²) in [6.45, 7) is -0.775. The van der Waals surface area contributed by atoms with Crippen molar-refractivity contribution in [1.29, 1.82) is 0 Å². The molecule has 1 aromatic heterocycles. The second-order valence-corrected chi connectivity index (χ2v) is 7.40. The summed E-state index contributed by atoms with van der Waals surface area (Å²) < 4.78 is 11.4. The van der Waals surface area contributed by atoms with Crippen molar-refractivity contribution in [1.82, 2.24) is 20.2 Å². The Morgan fingerprint density at radius 1 is 1.12 bits per heavy atom. The number of carbonyl (C=O) groups excluding carboxylic acids is 2. The fraction of sp³-hybridized carbons (Fsp3) is 0.167. The van der Waals surface area contributed by atoms with E-state index < -0.39 is 28.3 Å². The van der Waals surface area contributed by atoms with Gasteiger partial charge >= 0.3 is 5.97 Å². The number of nitro benzene ring substituents is 2. The number of hydrogen-bond acceptors (Lipinski definition) is 12. The summed E-state index contributed by atoms with van der Waals surface area (Å²) in [4.78, 5) is 46.0. The number of tetrazole rings is 1. The van der Waals surface area contributed by atoms with Gasteiger partial charge in [-0.05, 0) is 34.3 Å². The fourth-order valence-electron chi connectivity index (χ4n) is 2.59. The first-order chi connectivity index (χ1) is 16.2. The first-order valence-corrected chi connectivity index (χ1v) is 9.99. The Morgan fingerprint density at radius 3 is 2.41 bits per heavy atom. The zero-order valence-electron chi connectivity index (χ0n) is 17.5. The van der Waals surface area contributed by atoms with Gasteiger partial charge in [0.05, 0.1) is 28.2 Å². The molecule has 0 bridgehead atoms. The average molecular weight is 489 g/mol. The molecule has 3 aromatic rings. The van der Waals surface area contributed by atoms with Crippen LogP contribution in [0.5, 0.6) is 5.75 Å². The second-order valence-electron chi connectivity index (χ2n) is 6.39. The summed E-state index contributed by atoms with van der Waals surface area (Å²) in [7, 11) is 2.88. The molecular formula is C18H15N7O8S. The number of nitro groups is 2. The van der Waals surface area contributed by atoms with Crippen molar-refractivity contribution in [2.45, 2.75) is 10.1 Å². The van der Waals surface area contributed by atoms with Crippen LogP contribution in [0.1, 0.15) is 10.4 Å². The van der Waals surface area contributed by atoms with Crippen LogP contribution < -0.4 is 10.1 Å². The minimum absolute atomic E-state index is 0.000810. The van der Waals surface area contributed by atoms with Crippen molar-refractivity contribution in [3.8, 4) is 5.75 Å². The number of aryl methyl sites for hydroxylation is 1. The maximum absolute atomic E-state index is 12.7. The van der Waals surface area contributed by atoms with Gasteiger partial charge in [0.25, 0.3) is 17.3 Å². The zero-order valence-corrected chi connectivity index (χ0v) is 18.3. The van der Waals surface area contributed by atoms with Crippen molar-refractivity contribution in [2.75, 3.05) is 19.0 Å². The van der Waals surface area contributed by atoms with Crippen LogP contribution >= 0.6 is 11.8 Å². The van der Waals surface area contributed by atoms with Gasteiger partial charge < -0.3 is 14.8 Å². The van der Waals surface area contributed by atoms with E-state index in [0.717, 1.165) is 23.9 Å². The summed E-state index contributed by atoms with van der Waals surface area (Å²) in [5.74, 6) is -1.67. The molecule has 0 aliphatic rings. The summed E-state index contributed by atoms with van der Waals surface area (Å²) in [5.41, 5.74) is -0.829. The van der Waals surface area contributed by atoms with Gasteiger partial charge in [0.1, 0.15) is 5.75 Å². The molecule has 1 heterocycles. The molecule has 0 fully saturated rings. The van der Waals surface area contributed by atoms with Crippen LogP contribution in [0.4, 0.5) is 17.1 Å². The molecule has 0 unspecified atom stereocenters. The first-order valence-electron chi connectivity index (χ1n) is 9.17. The summed E-state index contributed by atoms with van der Waals surface area (Å²) in [6, 6.07) is 7.13. The number of carbonyl (C=O) groups is 2. The molecule has 3 rings (SSSR count). The normalized spacial score (nSPS) is 10.4. The molecule has 0 saturated heterocycles. The van der Waals surface area contributed by atoms with Gasteiger partial charge in [-0.25, -0.2) is 9.48 Å². The fourth-order valence-corrected chi connectivity index (χ4v) is 3.42. The van der Waals surface area contributed by atoms with E-state index in [-0.39, 0.29) is 33.3 Å². The monoisotopic (exact) mass is 489 g/mol. The quantitative estimate of drug-likeness (QED) is 0.261. The zero-order chi connectivity index (χ0) is 24.8. The number of amides is 1. The molecule has 176 valence electrons. The van der Waals surface area contributed by atoms with Gasteiger partial charge in [0.2, 0.25) is 5.16 Å². The Balaban J connectivity index is 1.76. The van der Waals surface area contributed by atoms with Crippen LogP contribution in [-0.4, -0.2) is 55.6 Å². The number of aromatic nitrogens is 4. The number of non-ortho nitro benzene ring substituents is 2. The summed E-state index contributed by atoms with van der Waals surface area (Å²) in [5, 5.41) is 35.7. The Hall–Kier alpha value is -4.60. The summed E-state index contributed by atoms with van der Waals surface area (Å²) in [6.07, 6.45) is 0. The van der Waals surface area contributed by atoms with Crippen molar-refractivity contribution in [3.63, 3.8) is 0 Å². The van der Waals surface area contributed by atoms with Gasteiger partial charge in [-0.1, -0.05) is 0 Å². The predicted molar refractivity (Wildman–Crippen MR) is 115 cm³/mol. The molecule has 16 heteroatoms. The number of esters is 1. The van der Waals surface area contributed by atoms with Crippen LogP contribution in [-0.2, 0) is 16.6 Å². The lowest BCUT2D eigenvalue weighted by Gasteiger charge is -2.11. The van der Waals surface area contributed by atoms with Crippen molar-refractivity contribution < 1.29 is 28.9 Å². The number of anilines is 1. The van der Waals surface area contributed by atoms with Gasteiger partial charge in [0.15, 0.2) is 6.61 Å². The highest BCUT2D eigenvalue weighted by atomic mass is 32.2. The minimum atomic E-state index is -1.01. The van der Waals surface area contributed by atoms with Crippen LogP contribution in [0.25, 0.3) is 0 Å². The number of hydrogen-bond donors (Lipinski definition) is 1. The molecule has 0 aliphatic carbocycles. The van der Waals surface area contributed by atoms with E-state index in [0.29, 0.717) is 5.16 Å². The van der Waals surface area contributed by atoms with E-state index in [4.69, 9.17) is 9.47 Å². The Morgan fingerprint density at radius 2 is 1.79 bits per heavy atom. The molecule has 1 N–H and O–H groups in total. The van der Waals surface area contributed by atoms with E-state index in [2.05, 4.69) is 20.8 Å².